The van der Waals surface area contributed by atoms with Crippen molar-refractivity contribution in [1.82, 2.24) is 10.2 Å². The second-order valence-electron chi connectivity index (χ2n) is 6.09. The minimum absolute atomic E-state index is 0.00320. The molecule has 152 valence electrons. The molecule has 0 aliphatic carbocycles. The fraction of sp³-hybridized carbons (Fsp3) is 0.105. The quantitative estimate of drug-likeness (QED) is 0.359. The molecule has 3 aromatic rings. The van der Waals surface area contributed by atoms with Gasteiger partial charge in [-0.1, -0.05) is 11.8 Å². The zero-order chi connectivity index (χ0) is 21.1. The fourth-order valence-electron chi connectivity index (χ4n) is 2.67. The number of ether oxygens (including phenoxy) is 2. The van der Waals surface area contributed by atoms with Crippen LogP contribution in [0.25, 0.3) is 11.3 Å². The summed E-state index contributed by atoms with van der Waals surface area (Å²) in [7, 11) is 0. The summed E-state index contributed by atoms with van der Waals surface area (Å²) in [5.74, 6) is -0.0574. The molecule has 0 radical (unpaired) electrons. The number of carbonyl (C=O) groups excluding carboxylic acids is 1. The van der Waals surface area contributed by atoms with Crippen molar-refractivity contribution >= 4 is 29.0 Å². The highest BCUT2D eigenvalue weighted by atomic mass is 32.2. The van der Waals surface area contributed by atoms with Gasteiger partial charge in [-0.25, -0.2) is 0 Å². The Balaban J connectivity index is 1.35. The SMILES string of the molecule is O=C(CSc1ccc(-c2ccc3c(c2)OCO3)nn1)Nc1ccc(F)c([N+](=O)[O-])c1. The van der Waals surface area contributed by atoms with Gasteiger partial charge in [-0.05, 0) is 42.5 Å². The zero-order valence-electron chi connectivity index (χ0n) is 15.2. The van der Waals surface area contributed by atoms with Crippen LogP contribution in [0, 0.1) is 15.9 Å². The van der Waals surface area contributed by atoms with E-state index in [0.29, 0.717) is 22.2 Å². The molecule has 30 heavy (non-hydrogen) atoms. The Morgan fingerprint density at radius 1 is 1.13 bits per heavy atom. The predicted octanol–water partition coefficient (Wildman–Crippen LogP) is 3.65. The Morgan fingerprint density at radius 2 is 1.97 bits per heavy atom. The van der Waals surface area contributed by atoms with Gasteiger partial charge < -0.3 is 14.8 Å². The zero-order valence-corrected chi connectivity index (χ0v) is 16.0. The van der Waals surface area contributed by atoms with E-state index in [2.05, 4.69) is 15.5 Å². The number of halogens is 1. The lowest BCUT2D eigenvalue weighted by atomic mass is 10.1. The molecule has 1 aliphatic heterocycles. The first-order valence-electron chi connectivity index (χ1n) is 8.60. The van der Waals surface area contributed by atoms with Crippen LogP contribution in [0.15, 0.2) is 53.6 Å². The summed E-state index contributed by atoms with van der Waals surface area (Å²) in [4.78, 5) is 22.0. The lowest BCUT2D eigenvalue weighted by molar-refractivity contribution is -0.387. The number of aromatic nitrogens is 2. The monoisotopic (exact) mass is 428 g/mol. The van der Waals surface area contributed by atoms with E-state index in [9.17, 15) is 19.3 Å². The molecule has 0 unspecified atom stereocenters. The summed E-state index contributed by atoms with van der Waals surface area (Å²) in [5, 5.41) is 22.1. The Kier molecular flexibility index (Phi) is 5.44. The summed E-state index contributed by atoms with van der Waals surface area (Å²) >= 11 is 1.15. The Labute approximate surface area is 173 Å². The normalized spacial score (nSPS) is 11.9. The van der Waals surface area contributed by atoms with Crippen LogP contribution in [0.2, 0.25) is 0 Å². The Bertz CT molecular complexity index is 1130. The molecule has 4 rings (SSSR count). The van der Waals surface area contributed by atoms with Crippen molar-refractivity contribution in [3.8, 4) is 22.8 Å². The Morgan fingerprint density at radius 3 is 2.73 bits per heavy atom. The third kappa shape index (κ3) is 4.30. The number of benzene rings is 2. The first kappa shape index (κ1) is 19.6. The summed E-state index contributed by atoms with van der Waals surface area (Å²) in [6.07, 6.45) is 0. The number of carbonyl (C=O) groups is 1. The Hall–Kier alpha value is -3.73. The number of nitro benzene ring substituents is 1. The number of anilines is 1. The third-order valence-corrected chi connectivity index (χ3v) is 5.01. The smallest absolute Gasteiger partial charge is 0.306 e. The van der Waals surface area contributed by atoms with E-state index in [1.165, 1.54) is 6.07 Å². The minimum atomic E-state index is -0.967. The van der Waals surface area contributed by atoms with Gasteiger partial charge in [-0.2, -0.15) is 4.39 Å². The molecule has 1 N–H and O–H groups in total. The van der Waals surface area contributed by atoms with Crippen LogP contribution < -0.4 is 14.8 Å². The van der Waals surface area contributed by atoms with Crippen molar-refractivity contribution in [3.05, 3.63) is 64.5 Å². The van der Waals surface area contributed by atoms with E-state index in [0.717, 1.165) is 29.5 Å². The topological polar surface area (TPSA) is 116 Å². The molecule has 0 saturated heterocycles. The van der Waals surface area contributed by atoms with Gasteiger partial charge in [0.25, 0.3) is 0 Å². The number of hydrogen-bond donors (Lipinski definition) is 1. The van der Waals surface area contributed by atoms with Gasteiger partial charge in [0.15, 0.2) is 11.5 Å². The molecule has 0 spiro atoms. The maximum Gasteiger partial charge on any atom is 0.306 e. The van der Waals surface area contributed by atoms with Gasteiger partial charge in [0.1, 0.15) is 5.03 Å². The van der Waals surface area contributed by atoms with Gasteiger partial charge in [0.2, 0.25) is 18.5 Å². The molecule has 2 aromatic carbocycles. The molecule has 1 aromatic heterocycles. The molecule has 0 bridgehead atoms. The standard InChI is InChI=1S/C19H13FN4O5S/c20-13-3-2-12(8-15(13)24(26)27)21-18(25)9-30-19-6-4-14(22-23-19)11-1-5-16-17(7-11)29-10-28-16/h1-8H,9-10H2,(H,21,25). The number of fused-ring (bicyclic) bond motifs is 1. The van der Waals surface area contributed by atoms with E-state index in [1.54, 1.807) is 18.2 Å². The van der Waals surface area contributed by atoms with Crippen LogP contribution in [-0.4, -0.2) is 33.6 Å². The second kappa shape index (κ2) is 8.33. The highest BCUT2D eigenvalue weighted by molar-refractivity contribution is 7.99. The largest absolute Gasteiger partial charge is 0.454 e. The molecule has 11 heteroatoms. The average molecular weight is 428 g/mol. The molecule has 1 amide bonds. The number of amides is 1. The number of nitrogens with one attached hydrogen (secondary N) is 1. The van der Waals surface area contributed by atoms with Crippen LogP contribution in [0.3, 0.4) is 0 Å². The van der Waals surface area contributed by atoms with Crippen molar-refractivity contribution in [2.45, 2.75) is 5.03 Å². The summed E-state index contributed by atoms with van der Waals surface area (Å²) < 4.78 is 24.0. The van der Waals surface area contributed by atoms with Gasteiger partial charge in [0, 0.05) is 17.3 Å². The summed E-state index contributed by atoms with van der Waals surface area (Å²) in [6, 6.07) is 12.1. The number of nitro groups is 1. The predicted molar refractivity (Wildman–Crippen MR) is 106 cm³/mol. The molecular weight excluding hydrogens is 415 g/mol. The van der Waals surface area contributed by atoms with Crippen LogP contribution in [0.4, 0.5) is 15.8 Å². The van der Waals surface area contributed by atoms with Crippen LogP contribution in [-0.2, 0) is 4.79 Å². The molecule has 0 atom stereocenters. The number of nitrogens with zero attached hydrogens (tertiary/aromatic N) is 3. The number of hydrogen-bond acceptors (Lipinski definition) is 8. The average Bonchev–Trinajstić information content (AvgIpc) is 3.22. The van der Waals surface area contributed by atoms with Crippen molar-refractivity contribution in [2.75, 3.05) is 17.9 Å². The highest BCUT2D eigenvalue weighted by Crippen LogP contribution is 2.35. The van der Waals surface area contributed by atoms with E-state index < -0.39 is 22.3 Å². The lowest BCUT2D eigenvalue weighted by Crippen LogP contribution is -2.14. The number of rotatable bonds is 6. The lowest BCUT2D eigenvalue weighted by Gasteiger charge is -2.06. The van der Waals surface area contributed by atoms with E-state index in [-0.39, 0.29) is 18.2 Å². The van der Waals surface area contributed by atoms with Crippen LogP contribution in [0.1, 0.15) is 0 Å². The van der Waals surface area contributed by atoms with Gasteiger partial charge in [-0.3, -0.25) is 14.9 Å². The van der Waals surface area contributed by atoms with Crippen molar-refractivity contribution < 1.29 is 23.6 Å². The van der Waals surface area contributed by atoms with Gasteiger partial charge in [0.05, 0.1) is 16.4 Å². The van der Waals surface area contributed by atoms with Crippen molar-refractivity contribution in [1.29, 1.82) is 0 Å². The molecule has 2 heterocycles. The highest BCUT2D eigenvalue weighted by Gasteiger charge is 2.16. The molecule has 9 nitrogen and oxygen atoms in total. The molecular formula is C19H13FN4O5S. The third-order valence-electron chi connectivity index (χ3n) is 4.09. The minimum Gasteiger partial charge on any atom is -0.454 e. The van der Waals surface area contributed by atoms with E-state index >= 15 is 0 Å². The molecule has 1 aliphatic rings. The molecule has 0 saturated carbocycles. The van der Waals surface area contributed by atoms with Crippen molar-refractivity contribution in [3.63, 3.8) is 0 Å². The maximum absolute atomic E-state index is 13.4. The number of thioether (sulfide) groups is 1. The second-order valence-corrected chi connectivity index (χ2v) is 7.08. The van der Waals surface area contributed by atoms with E-state index in [4.69, 9.17) is 9.47 Å². The maximum atomic E-state index is 13.4. The summed E-state index contributed by atoms with van der Waals surface area (Å²) in [5.41, 5.74) is 0.892. The van der Waals surface area contributed by atoms with Gasteiger partial charge >= 0.3 is 5.69 Å². The van der Waals surface area contributed by atoms with Crippen LogP contribution in [0.5, 0.6) is 11.5 Å². The van der Waals surface area contributed by atoms with Crippen molar-refractivity contribution in [2.24, 2.45) is 0 Å². The fourth-order valence-corrected chi connectivity index (χ4v) is 3.29. The first-order chi connectivity index (χ1) is 14.5. The van der Waals surface area contributed by atoms with E-state index in [1.807, 2.05) is 12.1 Å². The molecule has 0 fully saturated rings. The van der Waals surface area contributed by atoms with Crippen LogP contribution >= 0.6 is 11.8 Å². The first-order valence-corrected chi connectivity index (χ1v) is 9.58. The summed E-state index contributed by atoms with van der Waals surface area (Å²) in [6.45, 7) is 0.188. The van der Waals surface area contributed by atoms with Gasteiger partial charge in [-0.15, -0.1) is 10.2 Å².